The Morgan fingerprint density at radius 3 is 1.80 bits per heavy atom. The van der Waals surface area contributed by atoms with Crippen LogP contribution >= 0.6 is 7.82 Å². The van der Waals surface area contributed by atoms with Gasteiger partial charge in [0.2, 0.25) is 0 Å². The maximum Gasteiger partial charge on any atom is 0.306 e. The fourth-order valence-corrected chi connectivity index (χ4v) is 5.54. The quantitative estimate of drug-likeness (QED) is 0.0221. The number of carbonyl (C=O) groups is 1. The average molecular weight is 674 g/mol. The van der Waals surface area contributed by atoms with Crippen LogP contribution in [-0.2, 0) is 27.9 Å². The molecule has 0 radical (unpaired) electrons. The highest BCUT2D eigenvalue weighted by molar-refractivity contribution is 7.45. The molecular weight excluding hydrogens is 601 g/mol. The summed E-state index contributed by atoms with van der Waals surface area (Å²) >= 11 is 0. The van der Waals surface area contributed by atoms with E-state index >= 15 is 0 Å². The van der Waals surface area contributed by atoms with Gasteiger partial charge in [-0.25, -0.2) is 0 Å². The maximum absolute atomic E-state index is 12.6. The van der Waals surface area contributed by atoms with Gasteiger partial charge in [0.05, 0.1) is 34.4 Å². The normalized spacial score (nSPS) is 14.3. The number of rotatable bonds is 34. The summed E-state index contributed by atoms with van der Waals surface area (Å²) in [6.45, 7) is 5.34. The first kappa shape index (κ1) is 45.0. The van der Waals surface area contributed by atoms with Crippen molar-refractivity contribution < 1.29 is 37.3 Å². The predicted molar refractivity (Wildman–Crippen MR) is 190 cm³/mol. The summed E-state index contributed by atoms with van der Waals surface area (Å²) in [5, 5.41) is 0. The molecule has 0 rings (SSSR count). The maximum atomic E-state index is 12.6. The zero-order valence-corrected chi connectivity index (χ0v) is 31.4. The van der Waals surface area contributed by atoms with E-state index in [0.29, 0.717) is 24.1 Å². The molecule has 0 fully saturated rings. The standard InChI is InChI=1S/C37H72NO7P/c1-6-8-10-12-14-16-17-18-19-20-21-22-24-26-28-30-37(39)45-36(35-44-46(40,41)43-33-31-38(3,4)5)34-42-32-29-27-25-23-15-13-11-9-7-2/h14,16,18-19,36H,6-13,15,17,20-35H2,1-5H3/b16-14-,19-18-. The summed E-state index contributed by atoms with van der Waals surface area (Å²) < 4.78 is 34.3. The van der Waals surface area contributed by atoms with Gasteiger partial charge in [-0.2, -0.15) is 0 Å². The van der Waals surface area contributed by atoms with Crippen LogP contribution in [0, 0.1) is 0 Å². The number of carbonyl (C=O) groups excluding carboxylic acids is 1. The molecule has 0 saturated heterocycles. The minimum atomic E-state index is -4.51. The van der Waals surface area contributed by atoms with E-state index in [9.17, 15) is 14.3 Å². The van der Waals surface area contributed by atoms with Crippen LogP contribution in [0.15, 0.2) is 24.3 Å². The number of hydrogen-bond acceptors (Lipinski definition) is 7. The second kappa shape index (κ2) is 31.3. The third-order valence-corrected chi connectivity index (χ3v) is 8.72. The smallest absolute Gasteiger partial charge is 0.306 e. The van der Waals surface area contributed by atoms with Gasteiger partial charge in [-0.3, -0.25) is 9.36 Å². The summed E-state index contributed by atoms with van der Waals surface area (Å²) in [5.41, 5.74) is 0. The molecule has 0 aromatic heterocycles. The van der Waals surface area contributed by atoms with Crippen LogP contribution in [0.5, 0.6) is 0 Å². The molecule has 0 aromatic rings. The summed E-state index contributed by atoms with van der Waals surface area (Å²) in [5.74, 6) is -0.349. The van der Waals surface area contributed by atoms with Gasteiger partial charge in [-0.15, -0.1) is 0 Å². The van der Waals surface area contributed by atoms with Crippen molar-refractivity contribution in [2.24, 2.45) is 0 Å². The molecule has 0 aliphatic carbocycles. The topological polar surface area (TPSA) is 94.1 Å². The number of phosphoric acid groups is 1. The highest BCUT2D eigenvalue weighted by Crippen LogP contribution is 2.38. The van der Waals surface area contributed by atoms with Crippen molar-refractivity contribution in [3.8, 4) is 0 Å². The van der Waals surface area contributed by atoms with Gasteiger partial charge in [0.25, 0.3) is 7.82 Å². The van der Waals surface area contributed by atoms with Crippen molar-refractivity contribution >= 4 is 13.8 Å². The Balaban J connectivity index is 4.32. The van der Waals surface area contributed by atoms with E-state index in [1.807, 2.05) is 21.1 Å². The lowest BCUT2D eigenvalue weighted by atomic mass is 10.1. The third-order valence-electron chi connectivity index (χ3n) is 7.76. The number of likely N-dealkylation sites (N-methyl/N-ethyl adjacent to an activating group) is 1. The van der Waals surface area contributed by atoms with Crippen molar-refractivity contribution in [3.05, 3.63) is 24.3 Å². The predicted octanol–water partition coefficient (Wildman–Crippen LogP) is 9.47. The lowest BCUT2D eigenvalue weighted by molar-refractivity contribution is -0.870. The summed E-state index contributed by atoms with van der Waals surface area (Å²) in [4.78, 5) is 24.9. The Kier molecular flexibility index (Phi) is 30.6. The van der Waals surface area contributed by atoms with Gasteiger partial charge < -0.3 is 27.9 Å². The molecule has 0 aromatic carbocycles. The molecule has 2 unspecified atom stereocenters. The second-order valence-corrected chi connectivity index (χ2v) is 15.0. The Morgan fingerprint density at radius 1 is 0.674 bits per heavy atom. The largest absolute Gasteiger partial charge is 0.756 e. The van der Waals surface area contributed by atoms with Gasteiger partial charge in [0, 0.05) is 13.0 Å². The fraction of sp³-hybridized carbons (Fsp3) is 0.865. The van der Waals surface area contributed by atoms with Gasteiger partial charge >= 0.3 is 5.97 Å². The third kappa shape index (κ3) is 34.3. The number of phosphoric ester groups is 1. The molecule has 0 N–H and O–H groups in total. The van der Waals surface area contributed by atoms with Gasteiger partial charge in [-0.1, -0.05) is 122 Å². The van der Waals surface area contributed by atoms with Crippen molar-refractivity contribution in [1.82, 2.24) is 0 Å². The SMILES string of the molecule is CCCCC/C=C\C/C=C\CCCCCCCC(=O)OC(COCCCCCCCCCCC)COP(=O)([O-])OCC[N+](C)(C)C. The van der Waals surface area contributed by atoms with E-state index in [1.165, 1.54) is 70.6 Å². The molecule has 9 heteroatoms. The van der Waals surface area contributed by atoms with Crippen LogP contribution in [0.2, 0.25) is 0 Å². The molecule has 0 aliphatic rings. The first-order valence-corrected chi connectivity index (χ1v) is 20.0. The van der Waals surface area contributed by atoms with E-state index in [2.05, 4.69) is 38.2 Å². The molecule has 0 heterocycles. The fourth-order valence-electron chi connectivity index (χ4n) is 4.81. The van der Waals surface area contributed by atoms with Crippen molar-refractivity contribution in [3.63, 3.8) is 0 Å². The summed E-state index contributed by atoms with van der Waals surface area (Å²) in [7, 11) is 1.35. The monoisotopic (exact) mass is 674 g/mol. The van der Waals surface area contributed by atoms with Gasteiger partial charge in [0.15, 0.2) is 0 Å². The molecule has 0 bridgehead atoms. The molecule has 8 nitrogen and oxygen atoms in total. The minimum Gasteiger partial charge on any atom is -0.756 e. The molecule has 0 spiro atoms. The second-order valence-electron chi connectivity index (χ2n) is 13.6. The van der Waals surface area contributed by atoms with Crippen molar-refractivity contribution in [1.29, 1.82) is 0 Å². The molecule has 46 heavy (non-hydrogen) atoms. The zero-order valence-electron chi connectivity index (χ0n) is 30.5. The van der Waals surface area contributed by atoms with Crippen LogP contribution in [0.1, 0.15) is 149 Å². The molecule has 0 aliphatic heterocycles. The van der Waals surface area contributed by atoms with Crippen LogP contribution in [0.3, 0.4) is 0 Å². The number of quaternary nitrogens is 1. The number of allylic oxidation sites excluding steroid dienone is 4. The van der Waals surface area contributed by atoms with E-state index in [4.69, 9.17) is 18.5 Å². The van der Waals surface area contributed by atoms with Crippen LogP contribution in [0.4, 0.5) is 0 Å². The average Bonchev–Trinajstić information content (AvgIpc) is 2.99. The lowest BCUT2D eigenvalue weighted by Crippen LogP contribution is -2.37. The molecule has 272 valence electrons. The van der Waals surface area contributed by atoms with Crippen LogP contribution in [-0.4, -0.2) is 70.7 Å². The summed E-state index contributed by atoms with van der Waals surface area (Å²) in [6, 6.07) is 0. The van der Waals surface area contributed by atoms with Gasteiger partial charge in [0.1, 0.15) is 19.3 Å². The molecule has 0 saturated carbocycles. The highest BCUT2D eigenvalue weighted by Gasteiger charge is 2.20. The summed E-state index contributed by atoms with van der Waals surface area (Å²) in [6.07, 6.45) is 31.8. The minimum absolute atomic E-state index is 0.0245. The Bertz CT molecular complexity index is 797. The first-order valence-electron chi connectivity index (χ1n) is 18.6. The first-order chi connectivity index (χ1) is 22.1. The van der Waals surface area contributed by atoms with Crippen LogP contribution < -0.4 is 4.89 Å². The number of esters is 1. The number of hydrogen-bond donors (Lipinski definition) is 0. The zero-order chi connectivity index (χ0) is 34.2. The van der Waals surface area contributed by atoms with Crippen LogP contribution in [0.25, 0.3) is 0 Å². The van der Waals surface area contributed by atoms with Gasteiger partial charge in [-0.05, 0) is 44.9 Å². The van der Waals surface area contributed by atoms with Crippen molar-refractivity contribution in [2.45, 2.75) is 155 Å². The van der Waals surface area contributed by atoms with Crippen molar-refractivity contribution in [2.75, 3.05) is 54.1 Å². The molecule has 2 atom stereocenters. The lowest BCUT2D eigenvalue weighted by Gasteiger charge is -2.28. The van der Waals surface area contributed by atoms with E-state index in [0.717, 1.165) is 57.8 Å². The highest BCUT2D eigenvalue weighted by atomic mass is 31.2. The van der Waals surface area contributed by atoms with E-state index in [-0.39, 0.29) is 25.8 Å². The Hall–Kier alpha value is -1.02. The number of ether oxygens (including phenoxy) is 2. The molecular formula is C37H72NO7P. The number of nitrogens with zero attached hydrogens (tertiary/aromatic N) is 1. The van der Waals surface area contributed by atoms with E-state index in [1.54, 1.807) is 0 Å². The number of unbranched alkanes of at least 4 members (excludes halogenated alkanes) is 16. The molecule has 0 amide bonds. The Labute approximate surface area is 283 Å². The Morgan fingerprint density at radius 2 is 1.20 bits per heavy atom. The van der Waals surface area contributed by atoms with E-state index < -0.39 is 13.9 Å².